The molecule has 1 aromatic heterocycles. The second kappa shape index (κ2) is 6.09. The average molecular weight is 241 g/mol. The molecular formula is C11H19N3O3. The van der Waals surface area contributed by atoms with Crippen LogP contribution in [0.15, 0.2) is 4.52 Å². The van der Waals surface area contributed by atoms with Crippen LogP contribution in [-0.4, -0.2) is 29.5 Å². The van der Waals surface area contributed by atoms with Crippen molar-refractivity contribution < 1.29 is 14.0 Å². The van der Waals surface area contributed by atoms with E-state index in [0.717, 1.165) is 12.8 Å². The van der Waals surface area contributed by atoms with Gasteiger partial charge in [0.2, 0.25) is 0 Å². The summed E-state index contributed by atoms with van der Waals surface area (Å²) in [7, 11) is 0. The van der Waals surface area contributed by atoms with E-state index < -0.39 is 0 Å². The topological polar surface area (TPSA) is 83.4 Å². The molecule has 1 fully saturated rings. The summed E-state index contributed by atoms with van der Waals surface area (Å²) in [6.45, 7) is 3.31. The summed E-state index contributed by atoms with van der Waals surface area (Å²) >= 11 is 0. The van der Waals surface area contributed by atoms with Gasteiger partial charge >= 0.3 is 0 Å². The molecule has 6 heteroatoms. The molecule has 1 unspecified atom stereocenters. The van der Waals surface area contributed by atoms with E-state index in [1.807, 2.05) is 6.92 Å². The molecule has 0 saturated heterocycles. The van der Waals surface area contributed by atoms with Crippen LogP contribution in [0, 0.1) is 0 Å². The molecule has 96 valence electrons. The van der Waals surface area contributed by atoms with Gasteiger partial charge in [-0.25, -0.2) is 0 Å². The quantitative estimate of drug-likeness (QED) is 0.771. The van der Waals surface area contributed by atoms with Crippen molar-refractivity contribution in [1.29, 1.82) is 0 Å². The predicted molar refractivity (Wildman–Crippen MR) is 60.1 cm³/mol. The minimum atomic E-state index is -0.324. The van der Waals surface area contributed by atoms with Crippen LogP contribution < -0.4 is 5.73 Å². The summed E-state index contributed by atoms with van der Waals surface area (Å²) in [6, 6.07) is -0.324. The largest absolute Gasteiger partial charge is 0.376 e. The SMILES string of the molecule is CCOCc1nc(C(N)COC2CCC2)no1. The van der Waals surface area contributed by atoms with Crippen molar-refractivity contribution >= 4 is 0 Å². The van der Waals surface area contributed by atoms with Crippen molar-refractivity contribution in [1.82, 2.24) is 10.1 Å². The van der Waals surface area contributed by atoms with Gasteiger partial charge in [0.25, 0.3) is 5.89 Å². The molecule has 1 heterocycles. The third kappa shape index (κ3) is 3.49. The third-order valence-electron chi connectivity index (χ3n) is 2.81. The fourth-order valence-electron chi connectivity index (χ4n) is 1.52. The number of nitrogens with two attached hydrogens (primary N) is 1. The Morgan fingerprint density at radius 3 is 3.00 bits per heavy atom. The number of hydrogen-bond acceptors (Lipinski definition) is 6. The Morgan fingerprint density at radius 2 is 2.35 bits per heavy atom. The molecule has 1 aromatic rings. The second-order valence-corrected chi connectivity index (χ2v) is 4.18. The lowest BCUT2D eigenvalue weighted by Crippen LogP contribution is -2.27. The molecule has 2 N–H and O–H groups in total. The van der Waals surface area contributed by atoms with Crippen molar-refractivity contribution in [3.8, 4) is 0 Å². The van der Waals surface area contributed by atoms with E-state index in [1.165, 1.54) is 6.42 Å². The van der Waals surface area contributed by atoms with Gasteiger partial charge in [-0.15, -0.1) is 0 Å². The average Bonchev–Trinajstić information content (AvgIpc) is 2.72. The van der Waals surface area contributed by atoms with Crippen molar-refractivity contribution in [2.45, 2.75) is 44.9 Å². The maximum atomic E-state index is 5.91. The molecule has 0 aliphatic heterocycles. The van der Waals surface area contributed by atoms with Crippen molar-refractivity contribution in [3.63, 3.8) is 0 Å². The lowest BCUT2D eigenvalue weighted by Gasteiger charge is -2.26. The molecule has 1 saturated carbocycles. The first-order valence-electron chi connectivity index (χ1n) is 6.07. The van der Waals surface area contributed by atoms with Crippen LogP contribution in [0.4, 0.5) is 0 Å². The van der Waals surface area contributed by atoms with E-state index in [1.54, 1.807) is 0 Å². The molecule has 2 rings (SSSR count). The fraction of sp³-hybridized carbons (Fsp3) is 0.818. The molecule has 0 spiro atoms. The minimum Gasteiger partial charge on any atom is -0.376 e. The molecular weight excluding hydrogens is 222 g/mol. The van der Waals surface area contributed by atoms with Gasteiger partial charge in [0.15, 0.2) is 5.82 Å². The summed E-state index contributed by atoms with van der Waals surface area (Å²) in [5, 5.41) is 3.82. The highest BCUT2D eigenvalue weighted by Crippen LogP contribution is 2.22. The summed E-state index contributed by atoms with van der Waals surface area (Å²) in [5.41, 5.74) is 5.91. The van der Waals surface area contributed by atoms with Gasteiger partial charge in [-0.1, -0.05) is 5.16 Å². The van der Waals surface area contributed by atoms with E-state index in [0.29, 0.717) is 37.6 Å². The van der Waals surface area contributed by atoms with Crippen LogP contribution in [0.2, 0.25) is 0 Å². The monoisotopic (exact) mass is 241 g/mol. The maximum Gasteiger partial charge on any atom is 0.252 e. The number of hydrogen-bond donors (Lipinski definition) is 1. The van der Waals surface area contributed by atoms with Crippen LogP contribution in [-0.2, 0) is 16.1 Å². The minimum absolute atomic E-state index is 0.324. The Kier molecular flexibility index (Phi) is 4.47. The predicted octanol–water partition coefficient (Wildman–Crippen LogP) is 1.18. The smallest absolute Gasteiger partial charge is 0.252 e. The van der Waals surface area contributed by atoms with Gasteiger partial charge < -0.3 is 19.7 Å². The van der Waals surface area contributed by atoms with Gasteiger partial charge in [-0.2, -0.15) is 4.98 Å². The molecule has 6 nitrogen and oxygen atoms in total. The van der Waals surface area contributed by atoms with Crippen LogP contribution in [0.3, 0.4) is 0 Å². The highest BCUT2D eigenvalue weighted by molar-refractivity contribution is 4.92. The maximum absolute atomic E-state index is 5.91. The van der Waals surface area contributed by atoms with E-state index in [-0.39, 0.29) is 6.04 Å². The van der Waals surface area contributed by atoms with E-state index in [4.69, 9.17) is 19.7 Å². The summed E-state index contributed by atoms with van der Waals surface area (Å²) in [4.78, 5) is 4.16. The second-order valence-electron chi connectivity index (χ2n) is 4.18. The summed E-state index contributed by atoms with van der Waals surface area (Å²) < 4.78 is 15.8. The first-order chi connectivity index (χ1) is 8.29. The van der Waals surface area contributed by atoms with E-state index >= 15 is 0 Å². The summed E-state index contributed by atoms with van der Waals surface area (Å²) in [5.74, 6) is 0.944. The van der Waals surface area contributed by atoms with Crippen LogP contribution in [0.1, 0.15) is 43.9 Å². The van der Waals surface area contributed by atoms with Gasteiger partial charge in [0.05, 0.1) is 18.8 Å². The molecule has 0 amide bonds. The number of nitrogens with zero attached hydrogens (tertiary/aromatic N) is 2. The third-order valence-corrected chi connectivity index (χ3v) is 2.81. The van der Waals surface area contributed by atoms with Crippen LogP contribution >= 0.6 is 0 Å². The zero-order valence-electron chi connectivity index (χ0n) is 10.1. The Morgan fingerprint density at radius 1 is 1.53 bits per heavy atom. The zero-order valence-corrected chi connectivity index (χ0v) is 10.1. The van der Waals surface area contributed by atoms with Crippen molar-refractivity contribution in [2.75, 3.05) is 13.2 Å². The number of ether oxygens (including phenoxy) is 2. The lowest BCUT2D eigenvalue weighted by atomic mass is 9.96. The van der Waals surface area contributed by atoms with E-state index in [9.17, 15) is 0 Å². The fourth-order valence-corrected chi connectivity index (χ4v) is 1.52. The first-order valence-corrected chi connectivity index (χ1v) is 6.07. The van der Waals surface area contributed by atoms with Crippen molar-refractivity contribution in [2.24, 2.45) is 5.73 Å². The highest BCUT2D eigenvalue weighted by Gasteiger charge is 2.21. The number of aromatic nitrogens is 2. The Labute approximate surface area is 100 Å². The molecule has 17 heavy (non-hydrogen) atoms. The number of rotatable bonds is 7. The van der Waals surface area contributed by atoms with Gasteiger partial charge in [0, 0.05) is 6.61 Å². The normalized spacial score (nSPS) is 18.0. The lowest BCUT2D eigenvalue weighted by molar-refractivity contribution is -0.00549. The standard InChI is InChI=1S/C11H19N3O3/c1-2-15-7-10-13-11(14-17-10)9(12)6-16-8-4-3-5-8/h8-9H,2-7,12H2,1H3. The molecule has 0 aromatic carbocycles. The van der Waals surface area contributed by atoms with Crippen LogP contribution in [0.25, 0.3) is 0 Å². The highest BCUT2D eigenvalue weighted by atomic mass is 16.5. The molecule has 0 bridgehead atoms. The Balaban J connectivity index is 1.76. The molecule has 0 radical (unpaired) electrons. The van der Waals surface area contributed by atoms with Gasteiger partial charge in [-0.3, -0.25) is 0 Å². The van der Waals surface area contributed by atoms with E-state index in [2.05, 4.69) is 10.1 Å². The van der Waals surface area contributed by atoms with Gasteiger partial charge in [0.1, 0.15) is 6.61 Å². The molecule has 1 aliphatic rings. The Bertz CT molecular complexity index is 338. The zero-order chi connectivity index (χ0) is 12.1. The molecule has 1 aliphatic carbocycles. The van der Waals surface area contributed by atoms with Crippen molar-refractivity contribution in [3.05, 3.63) is 11.7 Å². The van der Waals surface area contributed by atoms with Gasteiger partial charge in [-0.05, 0) is 26.2 Å². The van der Waals surface area contributed by atoms with Crippen LogP contribution in [0.5, 0.6) is 0 Å². The Hall–Kier alpha value is -0.980. The summed E-state index contributed by atoms with van der Waals surface area (Å²) in [6.07, 6.45) is 3.89. The molecule has 1 atom stereocenters. The first kappa shape index (κ1) is 12.5.